The van der Waals surface area contributed by atoms with Gasteiger partial charge in [0.25, 0.3) is 0 Å². The molecule has 1 aliphatic carbocycles. The lowest BCUT2D eigenvalue weighted by atomic mass is 10.1. The third-order valence-corrected chi connectivity index (χ3v) is 3.77. The molecular formula is C16H26N2O. The minimum atomic E-state index is 0.201. The Morgan fingerprint density at radius 2 is 2.16 bits per heavy atom. The third-order valence-electron chi connectivity index (χ3n) is 3.77. The lowest BCUT2D eigenvalue weighted by Gasteiger charge is -2.19. The second kappa shape index (κ2) is 6.40. The number of benzene rings is 1. The molecule has 3 unspecified atom stereocenters. The van der Waals surface area contributed by atoms with Gasteiger partial charge in [0, 0.05) is 12.6 Å². The highest BCUT2D eigenvalue weighted by atomic mass is 16.5. The Morgan fingerprint density at radius 3 is 2.74 bits per heavy atom. The molecule has 0 amide bonds. The molecule has 1 fully saturated rings. The van der Waals surface area contributed by atoms with Crippen LogP contribution in [0.4, 0.5) is 0 Å². The second-order valence-corrected chi connectivity index (χ2v) is 5.91. The van der Waals surface area contributed by atoms with E-state index >= 15 is 0 Å². The number of rotatable bonds is 7. The molecule has 0 bridgehead atoms. The van der Waals surface area contributed by atoms with Gasteiger partial charge in [-0.25, -0.2) is 0 Å². The molecule has 3 N–H and O–H groups in total. The van der Waals surface area contributed by atoms with Crippen molar-refractivity contribution in [3.05, 3.63) is 29.8 Å². The summed E-state index contributed by atoms with van der Waals surface area (Å²) < 4.78 is 5.74. The van der Waals surface area contributed by atoms with Crippen LogP contribution in [0.25, 0.3) is 0 Å². The number of nitrogens with one attached hydrogen (secondary N) is 1. The van der Waals surface area contributed by atoms with Crippen molar-refractivity contribution < 1.29 is 4.74 Å². The van der Waals surface area contributed by atoms with E-state index in [0.29, 0.717) is 6.54 Å². The van der Waals surface area contributed by atoms with E-state index in [1.165, 1.54) is 12.0 Å². The lowest BCUT2D eigenvalue weighted by Crippen LogP contribution is -2.30. The predicted molar refractivity (Wildman–Crippen MR) is 79.3 cm³/mol. The topological polar surface area (TPSA) is 47.3 Å². The molecule has 3 atom stereocenters. The van der Waals surface area contributed by atoms with Gasteiger partial charge < -0.3 is 15.8 Å². The van der Waals surface area contributed by atoms with Gasteiger partial charge in [0.1, 0.15) is 5.75 Å². The molecule has 1 aliphatic rings. The Bertz CT molecular complexity index is 405. The van der Waals surface area contributed by atoms with E-state index in [4.69, 9.17) is 10.5 Å². The maximum Gasteiger partial charge on any atom is 0.120 e. The van der Waals surface area contributed by atoms with Crippen molar-refractivity contribution in [3.63, 3.8) is 0 Å². The fourth-order valence-electron chi connectivity index (χ4n) is 2.39. The van der Waals surface area contributed by atoms with E-state index in [1.807, 2.05) is 26.0 Å². The van der Waals surface area contributed by atoms with E-state index in [0.717, 1.165) is 24.1 Å². The van der Waals surface area contributed by atoms with Gasteiger partial charge >= 0.3 is 0 Å². The first-order valence-corrected chi connectivity index (χ1v) is 7.30. The highest BCUT2D eigenvalue weighted by Crippen LogP contribution is 2.37. The van der Waals surface area contributed by atoms with Crippen molar-refractivity contribution in [2.45, 2.75) is 39.3 Å². The van der Waals surface area contributed by atoms with Crippen molar-refractivity contribution in [3.8, 4) is 5.75 Å². The van der Waals surface area contributed by atoms with Crippen LogP contribution in [0.15, 0.2) is 24.3 Å². The molecule has 3 heteroatoms. The van der Waals surface area contributed by atoms with Gasteiger partial charge in [0.2, 0.25) is 0 Å². The zero-order chi connectivity index (χ0) is 13.8. The first-order chi connectivity index (χ1) is 9.10. The summed E-state index contributed by atoms with van der Waals surface area (Å²) in [6, 6.07) is 8.48. The van der Waals surface area contributed by atoms with Gasteiger partial charge in [0.15, 0.2) is 0 Å². The summed E-state index contributed by atoms with van der Waals surface area (Å²) in [5, 5.41) is 3.58. The van der Waals surface area contributed by atoms with E-state index in [2.05, 4.69) is 24.4 Å². The molecule has 0 spiro atoms. The molecule has 0 aliphatic heterocycles. The molecular weight excluding hydrogens is 236 g/mol. The Labute approximate surface area is 116 Å². The second-order valence-electron chi connectivity index (χ2n) is 5.91. The molecule has 1 aromatic carbocycles. The Kier molecular flexibility index (Phi) is 4.83. The zero-order valence-corrected chi connectivity index (χ0v) is 12.2. The highest BCUT2D eigenvalue weighted by molar-refractivity contribution is 5.31. The van der Waals surface area contributed by atoms with Crippen LogP contribution in [-0.2, 0) is 0 Å². The SMILES string of the molecule is CC(C)Oc1cccc(C(CN)NCC2CC2C)c1. The Hall–Kier alpha value is -1.06. The Morgan fingerprint density at radius 1 is 1.42 bits per heavy atom. The third kappa shape index (κ3) is 4.22. The van der Waals surface area contributed by atoms with Crippen molar-refractivity contribution >= 4 is 0 Å². The smallest absolute Gasteiger partial charge is 0.120 e. The minimum Gasteiger partial charge on any atom is -0.491 e. The maximum atomic E-state index is 5.89. The number of hydrogen-bond donors (Lipinski definition) is 2. The molecule has 0 heterocycles. The number of hydrogen-bond acceptors (Lipinski definition) is 3. The van der Waals surface area contributed by atoms with Crippen LogP contribution in [0.1, 0.15) is 38.8 Å². The quantitative estimate of drug-likeness (QED) is 0.794. The van der Waals surface area contributed by atoms with E-state index in [-0.39, 0.29) is 12.1 Å². The van der Waals surface area contributed by atoms with Crippen LogP contribution in [-0.4, -0.2) is 19.2 Å². The molecule has 3 nitrogen and oxygen atoms in total. The molecule has 1 aromatic rings. The van der Waals surface area contributed by atoms with Crippen LogP contribution in [0.5, 0.6) is 5.75 Å². The average molecular weight is 262 g/mol. The van der Waals surface area contributed by atoms with Crippen LogP contribution >= 0.6 is 0 Å². The summed E-state index contributed by atoms with van der Waals surface area (Å²) in [4.78, 5) is 0. The van der Waals surface area contributed by atoms with Crippen molar-refractivity contribution in [2.75, 3.05) is 13.1 Å². The lowest BCUT2D eigenvalue weighted by molar-refractivity contribution is 0.242. The summed E-state index contributed by atoms with van der Waals surface area (Å²) >= 11 is 0. The standard InChI is InChI=1S/C16H26N2O/c1-11(2)19-15-6-4-5-13(8-15)16(9-17)18-10-14-7-12(14)3/h4-6,8,11-12,14,16,18H,7,9-10,17H2,1-3H3. The van der Waals surface area contributed by atoms with Gasteiger partial charge in [-0.1, -0.05) is 19.1 Å². The van der Waals surface area contributed by atoms with Gasteiger partial charge in [-0.2, -0.15) is 0 Å². The summed E-state index contributed by atoms with van der Waals surface area (Å²) in [7, 11) is 0. The number of ether oxygens (including phenoxy) is 1. The molecule has 0 radical (unpaired) electrons. The van der Waals surface area contributed by atoms with Gasteiger partial charge in [-0.3, -0.25) is 0 Å². The predicted octanol–water partition coefficient (Wildman–Crippen LogP) is 2.72. The first kappa shape index (κ1) is 14.4. The monoisotopic (exact) mass is 262 g/mol. The van der Waals surface area contributed by atoms with Crippen LogP contribution < -0.4 is 15.8 Å². The number of nitrogens with two attached hydrogens (primary N) is 1. The highest BCUT2D eigenvalue weighted by Gasteiger charge is 2.32. The molecule has 2 rings (SSSR count). The molecule has 0 saturated heterocycles. The van der Waals surface area contributed by atoms with E-state index < -0.39 is 0 Å². The summed E-state index contributed by atoms with van der Waals surface area (Å²) in [5.41, 5.74) is 7.11. The maximum absolute atomic E-state index is 5.89. The molecule has 19 heavy (non-hydrogen) atoms. The fraction of sp³-hybridized carbons (Fsp3) is 0.625. The largest absolute Gasteiger partial charge is 0.491 e. The van der Waals surface area contributed by atoms with Gasteiger partial charge in [0.05, 0.1) is 6.10 Å². The van der Waals surface area contributed by atoms with E-state index in [9.17, 15) is 0 Å². The van der Waals surface area contributed by atoms with Crippen LogP contribution in [0.3, 0.4) is 0 Å². The Balaban J connectivity index is 1.96. The van der Waals surface area contributed by atoms with Crippen LogP contribution in [0, 0.1) is 11.8 Å². The fourth-order valence-corrected chi connectivity index (χ4v) is 2.39. The molecule has 1 saturated carbocycles. The summed E-state index contributed by atoms with van der Waals surface area (Å²) in [6.45, 7) is 8.07. The van der Waals surface area contributed by atoms with E-state index in [1.54, 1.807) is 0 Å². The average Bonchev–Trinajstić information content (AvgIpc) is 3.06. The van der Waals surface area contributed by atoms with Gasteiger partial charge in [-0.05, 0) is 56.3 Å². The van der Waals surface area contributed by atoms with Crippen molar-refractivity contribution in [1.29, 1.82) is 0 Å². The molecule has 0 aromatic heterocycles. The first-order valence-electron chi connectivity index (χ1n) is 7.30. The summed E-state index contributed by atoms with van der Waals surface area (Å²) in [6.07, 6.45) is 1.55. The van der Waals surface area contributed by atoms with Crippen molar-refractivity contribution in [1.82, 2.24) is 5.32 Å². The molecule has 106 valence electrons. The van der Waals surface area contributed by atoms with Gasteiger partial charge in [-0.15, -0.1) is 0 Å². The zero-order valence-electron chi connectivity index (χ0n) is 12.2. The minimum absolute atomic E-state index is 0.201. The normalized spacial score (nSPS) is 23.4. The summed E-state index contributed by atoms with van der Waals surface area (Å²) in [5.74, 6) is 2.64. The van der Waals surface area contributed by atoms with Crippen LogP contribution in [0.2, 0.25) is 0 Å². The van der Waals surface area contributed by atoms with Crippen molar-refractivity contribution in [2.24, 2.45) is 17.6 Å².